The maximum absolute atomic E-state index is 12.9. The first-order valence-corrected chi connectivity index (χ1v) is 10.8. The Hall–Kier alpha value is -2.66. The van der Waals surface area contributed by atoms with Crippen LogP contribution in [0.15, 0.2) is 54.7 Å². The van der Waals surface area contributed by atoms with E-state index in [1.807, 2.05) is 18.2 Å². The third kappa shape index (κ3) is 3.20. The molecule has 28 heavy (non-hydrogen) atoms. The van der Waals surface area contributed by atoms with Crippen LogP contribution >= 0.6 is 11.3 Å². The molecule has 1 aliphatic rings. The van der Waals surface area contributed by atoms with Crippen molar-refractivity contribution >= 4 is 38.4 Å². The zero-order chi connectivity index (χ0) is 18.9. The summed E-state index contributed by atoms with van der Waals surface area (Å²) in [5.74, 6) is 0.265. The second kappa shape index (κ2) is 7.40. The minimum Gasteiger partial charge on any atom is -0.361 e. The van der Waals surface area contributed by atoms with Crippen LogP contribution in [0.2, 0.25) is 0 Å². The van der Waals surface area contributed by atoms with Crippen molar-refractivity contribution in [3.8, 4) is 0 Å². The second-order valence-electron chi connectivity index (χ2n) is 7.48. The van der Waals surface area contributed by atoms with E-state index in [4.69, 9.17) is 4.98 Å². The molecule has 1 amide bonds. The van der Waals surface area contributed by atoms with Gasteiger partial charge in [0.25, 0.3) is 0 Å². The Morgan fingerprint density at radius 2 is 2.04 bits per heavy atom. The highest BCUT2D eigenvalue weighted by Gasteiger charge is 2.31. The molecule has 5 heteroatoms. The van der Waals surface area contributed by atoms with Gasteiger partial charge in [0.05, 0.1) is 16.3 Å². The fraction of sp³-hybridized carbons (Fsp3) is 0.304. The Balaban J connectivity index is 1.25. The molecule has 1 saturated heterocycles. The third-order valence-corrected chi connectivity index (χ3v) is 6.82. The smallest absolute Gasteiger partial charge is 0.223 e. The fourth-order valence-electron chi connectivity index (χ4n) is 4.27. The molecule has 2 aromatic heterocycles. The average molecular weight is 390 g/mol. The maximum atomic E-state index is 12.9. The number of rotatable bonds is 5. The highest BCUT2D eigenvalue weighted by atomic mass is 32.1. The van der Waals surface area contributed by atoms with E-state index in [1.54, 1.807) is 11.3 Å². The van der Waals surface area contributed by atoms with Gasteiger partial charge in [-0.25, -0.2) is 4.98 Å². The molecular formula is C23H23N3OS. The maximum Gasteiger partial charge on any atom is 0.223 e. The first-order chi connectivity index (χ1) is 13.8. The van der Waals surface area contributed by atoms with E-state index in [0.717, 1.165) is 42.8 Å². The summed E-state index contributed by atoms with van der Waals surface area (Å²) in [6, 6.07) is 16.7. The topological polar surface area (TPSA) is 49.0 Å². The number of hydrogen-bond acceptors (Lipinski definition) is 3. The Morgan fingerprint density at radius 3 is 2.96 bits per heavy atom. The summed E-state index contributed by atoms with van der Waals surface area (Å²) in [6.45, 7) is 0.854. The summed E-state index contributed by atoms with van der Waals surface area (Å²) in [7, 11) is 0. The van der Waals surface area contributed by atoms with E-state index in [1.165, 1.54) is 21.2 Å². The molecule has 1 unspecified atom stereocenters. The number of carbonyl (C=O) groups is 1. The van der Waals surface area contributed by atoms with Gasteiger partial charge in [-0.2, -0.15) is 0 Å². The Labute approximate surface area is 168 Å². The lowest BCUT2D eigenvalue weighted by Crippen LogP contribution is -2.30. The van der Waals surface area contributed by atoms with Crippen LogP contribution in [0.5, 0.6) is 0 Å². The normalized spacial score (nSPS) is 17.0. The first kappa shape index (κ1) is 17.4. The van der Waals surface area contributed by atoms with Crippen LogP contribution in [0.1, 0.15) is 42.3 Å². The minimum atomic E-state index is 0.151. The molecule has 142 valence electrons. The molecule has 0 saturated carbocycles. The molecule has 2 aromatic carbocycles. The highest BCUT2D eigenvalue weighted by Crippen LogP contribution is 2.36. The van der Waals surface area contributed by atoms with Gasteiger partial charge in [-0.05, 0) is 49.4 Å². The van der Waals surface area contributed by atoms with E-state index in [0.29, 0.717) is 6.42 Å². The molecule has 3 heterocycles. The largest absolute Gasteiger partial charge is 0.361 e. The van der Waals surface area contributed by atoms with E-state index < -0.39 is 0 Å². The SMILES string of the molecule is O=C(CCCc1c[nH]c2ccccc12)N1CCCC1c1nc2ccccc2s1. The standard InChI is InChI=1S/C23H23N3OS/c27-22(13-5-7-16-15-24-18-9-2-1-8-17(16)18)26-14-6-11-20(26)23-25-19-10-3-4-12-21(19)28-23/h1-4,8-10,12,15,20,24H,5-7,11,13-14H2. The van der Waals surface area contributed by atoms with Gasteiger partial charge in [0.2, 0.25) is 5.91 Å². The molecule has 0 aliphatic carbocycles. The number of para-hydroxylation sites is 2. The van der Waals surface area contributed by atoms with Crippen LogP contribution < -0.4 is 0 Å². The molecule has 0 radical (unpaired) electrons. The highest BCUT2D eigenvalue weighted by molar-refractivity contribution is 7.18. The number of thiazole rings is 1. The van der Waals surface area contributed by atoms with Crippen molar-refractivity contribution in [2.75, 3.05) is 6.54 Å². The molecule has 4 nitrogen and oxygen atoms in total. The summed E-state index contributed by atoms with van der Waals surface area (Å²) >= 11 is 1.73. The van der Waals surface area contributed by atoms with E-state index in [2.05, 4.69) is 46.4 Å². The lowest BCUT2D eigenvalue weighted by Gasteiger charge is -2.23. The molecule has 1 N–H and O–H groups in total. The molecule has 1 aliphatic heterocycles. The summed E-state index contributed by atoms with van der Waals surface area (Å²) in [6.07, 6.45) is 6.57. The molecule has 1 atom stereocenters. The van der Waals surface area contributed by atoms with Crippen molar-refractivity contribution in [1.82, 2.24) is 14.9 Å². The van der Waals surface area contributed by atoms with Crippen LogP contribution in [-0.4, -0.2) is 27.3 Å². The number of nitrogens with one attached hydrogen (secondary N) is 1. The number of H-pyrrole nitrogens is 1. The molecule has 0 bridgehead atoms. The van der Waals surface area contributed by atoms with Gasteiger partial charge in [0, 0.05) is 30.1 Å². The molecular weight excluding hydrogens is 366 g/mol. The van der Waals surface area contributed by atoms with Gasteiger partial charge < -0.3 is 9.88 Å². The molecule has 4 aromatic rings. The fourth-order valence-corrected chi connectivity index (χ4v) is 5.38. The van der Waals surface area contributed by atoms with Crippen LogP contribution in [0.4, 0.5) is 0 Å². The number of aromatic nitrogens is 2. The van der Waals surface area contributed by atoms with Gasteiger partial charge in [-0.3, -0.25) is 4.79 Å². The van der Waals surface area contributed by atoms with E-state index in [9.17, 15) is 4.79 Å². The number of nitrogens with zero attached hydrogens (tertiary/aromatic N) is 2. The van der Waals surface area contributed by atoms with Gasteiger partial charge in [0.1, 0.15) is 5.01 Å². The number of fused-ring (bicyclic) bond motifs is 2. The van der Waals surface area contributed by atoms with Crippen LogP contribution in [-0.2, 0) is 11.2 Å². The summed E-state index contributed by atoms with van der Waals surface area (Å²) in [4.78, 5) is 23.1. The first-order valence-electron chi connectivity index (χ1n) is 9.99. The van der Waals surface area contributed by atoms with Crippen LogP contribution in [0, 0.1) is 0 Å². The van der Waals surface area contributed by atoms with Crippen molar-refractivity contribution in [2.45, 2.75) is 38.1 Å². The lowest BCUT2D eigenvalue weighted by molar-refractivity contribution is -0.132. The predicted octanol–water partition coefficient (Wildman–Crippen LogP) is 5.46. The number of aryl methyl sites for hydroxylation is 1. The van der Waals surface area contributed by atoms with Crippen LogP contribution in [0.25, 0.3) is 21.1 Å². The number of amides is 1. The number of aromatic amines is 1. The van der Waals surface area contributed by atoms with E-state index in [-0.39, 0.29) is 11.9 Å². The Morgan fingerprint density at radius 1 is 1.18 bits per heavy atom. The number of benzene rings is 2. The monoisotopic (exact) mass is 389 g/mol. The second-order valence-corrected chi connectivity index (χ2v) is 8.54. The number of carbonyl (C=O) groups excluding carboxylic acids is 1. The van der Waals surface area contributed by atoms with Crippen molar-refractivity contribution in [3.63, 3.8) is 0 Å². The van der Waals surface area contributed by atoms with Gasteiger partial charge in [0.15, 0.2) is 0 Å². The Kier molecular flexibility index (Phi) is 4.61. The minimum absolute atomic E-state index is 0.151. The quantitative estimate of drug-likeness (QED) is 0.492. The summed E-state index contributed by atoms with van der Waals surface area (Å²) in [5.41, 5.74) is 3.51. The van der Waals surface area contributed by atoms with Crippen molar-refractivity contribution < 1.29 is 4.79 Å². The molecule has 5 rings (SSSR count). The molecule has 1 fully saturated rings. The van der Waals surface area contributed by atoms with Gasteiger partial charge >= 0.3 is 0 Å². The van der Waals surface area contributed by atoms with E-state index >= 15 is 0 Å². The Bertz CT molecular complexity index is 1100. The number of likely N-dealkylation sites (tertiary alicyclic amines) is 1. The van der Waals surface area contributed by atoms with Gasteiger partial charge in [-0.1, -0.05) is 30.3 Å². The summed E-state index contributed by atoms with van der Waals surface area (Å²) < 4.78 is 1.20. The van der Waals surface area contributed by atoms with Crippen LogP contribution in [0.3, 0.4) is 0 Å². The average Bonchev–Trinajstić information content (AvgIpc) is 3.45. The van der Waals surface area contributed by atoms with Crippen molar-refractivity contribution in [2.24, 2.45) is 0 Å². The summed E-state index contributed by atoms with van der Waals surface area (Å²) in [5, 5.41) is 2.35. The lowest BCUT2D eigenvalue weighted by atomic mass is 10.1. The molecule has 0 spiro atoms. The van der Waals surface area contributed by atoms with Crippen molar-refractivity contribution in [1.29, 1.82) is 0 Å². The van der Waals surface area contributed by atoms with Crippen molar-refractivity contribution in [3.05, 3.63) is 65.3 Å². The number of hydrogen-bond donors (Lipinski definition) is 1. The predicted molar refractivity (Wildman–Crippen MR) is 115 cm³/mol. The van der Waals surface area contributed by atoms with Gasteiger partial charge in [-0.15, -0.1) is 11.3 Å². The zero-order valence-electron chi connectivity index (χ0n) is 15.7. The third-order valence-electron chi connectivity index (χ3n) is 5.68. The zero-order valence-corrected chi connectivity index (χ0v) is 16.5.